The van der Waals surface area contributed by atoms with Gasteiger partial charge in [0.05, 0.1) is 4.90 Å². The van der Waals surface area contributed by atoms with Crippen molar-refractivity contribution >= 4 is 22.4 Å². The van der Waals surface area contributed by atoms with Crippen LogP contribution in [0.5, 0.6) is 0 Å². The van der Waals surface area contributed by atoms with Crippen LogP contribution in [0.1, 0.15) is 50.0 Å². The molecule has 0 aromatic heterocycles. The first-order chi connectivity index (χ1) is 11.6. The largest absolute Gasteiger partial charge is 0.316 e. The first-order valence-corrected chi connectivity index (χ1v) is 10.9. The smallest absolute Gasteiger partial charge is 0.243 e. The van der Waals surface area contributed by atoms with E-state index in [1.807, 2.05) is 24.3 Å². The first kappa shape index (κ1) is 19.2. The van der Waals surface area contributed by atoms with Crippen molar-refractivity contribution in [3.05, 3.63) is 29.8 Å². The molecular weight excluding hydrogens is 356 g/mol. The average molecular weight is 385 g/mol. The highest BCUT2D eigenvalue weighted by Gasteiger charge is 2.37. The molecular formula is C19H29ClN2O2S. The van der Waals surface area contributed by atoms with E-state index in [1.54, 1.807) is 4.31 Å². The van der Waals surface area contributed by atoms with Crippen LogP contribution in [-0.2, 0) is 10.0 Å². The molecule has 0 bridgehead atoms. The number of hydrogen-bond donors (Lipinski definition) is 1. The van der Waals surface area contributed by atoms with Gasteiger partial charge in [0.2, 0.25) is 10.0 Å². The van der Waals surface area contributed by atoms with Gasteiger partial charge in [0.15, 0.2) is 0 Å². The van der Waals surface area contributed by atoms with Gasteiger partial charge >= 0.3 is 0 Å². The maximum absolute atomic E-state index is 13.0. The van der Waals surface area contributed by atoms with E-state index in [0.717, 1.165) is 19.5 Å². The summed E-state index contributed by atoms with van der Waals surface area (Å²) in [7, 11) is -3.34. The number of benzene rings is 1. The Bertz CT molecular complexity index is 671. The van der Waals surface area contributed by atoms with Crippen molar-refractivity contribution in [3.8, 4) is 0 Å². The van der Waals surface area contributed by atoms with E-state index in [-0.39, 0.29) is 12.4 Å². The number of halogens is 1. The minimum absolute atomic E-state index is 0. The molecule has 1 aromatic carbocycles. The minimum atomic E-state index is -3.34. The van der Waals surface area contributed by atoms with Crippen LogP contribution in [0.4, 0.5) is 0 Å². The number of nitrogens with zero attached hydrogens (tertiary/aromatic N) is 1. The number of hydrogen-bond acceptors (Lipinski definition) is 3. The van der Waals surface area contributed by atoms with Gasteiger partial charge in [-0.15, -0.1) is 12.4 Å². The Hall–Kier alpha value is -0.620. The van der Waals surface area contributed by atoms with Crippen molar-refractivity contribution in [2.24, 2.45) is 11.8 Å². The van der Waals surface area contributed by atoms with Gasteiger partial charge in [-0.1, -0.05) is 31.4 Å². The average Bonchev–Trinajstić information content (AvgIpc) is 3.10. The summed E-state index contributed by atoms with van der Waals surface area (Å²) in [6, 6.07) is 7.76. The molecule has 2 heterocycles. The fourth-order valence-corrected chi connectivity index (χ4v) is 6.23. The second-order valence-corrected chi connectivity index (χ2v) is 9.67. The molecule has 4 nitrogen and oxygen atoms in total. The zero-order valence-corrected chi connectivity index (χ0v) is 16.3. The van der Waals surface area contributed by atoms with Crippen LogP contribution in [-0.4, -0.2) is 38.9 Å². The molecule has 1 N–H and O–H groups in total. The van der Waals surface area contributed by atoms with Gasteiger partial charge in [-0.2, -0.15) is 4.31 Å². The van der Waals surface area contributed by atoms with Crippen molar-refractivity contribution in [2.45, 2.75) is 49.3 Å². The molecule has 4 rings (SSSR count). The molecule has 25 heavy (non-hydrogen) atoms. The summed E-state index contributed by atoms with van der Waals surface area (Å²) >= 11 is 0. The molecule has 2 unspecified atom stereocenters. The standard InChI is InChI=1S/C19H28N2O2S.ClH/c22-24(23,21-11-10-17-12-20-13-18(17)14-21)19-8-6-16(7-9-19)15-4-2-1-3-5-15;/h6-9,15,17-18,20H,1-5,10-14H2;1H. The molecule has 3 fully saturated rings. The van der Waals surface area contributed by atoms with E-state index in [2.05, 4.69) is 5.32 Å². The van der Waals surface area contributed by atoms with Gasteiger partial charge in [0.25, 0.3) is 0 Å². The lowest BCUT2D eigenvalue weighted by Gasteiger charge is -2.33. The zero-order valence-electron chi connectivity index (χ0n) is 14.7. The highest BCUT2D eigenvalue weighted by Crippen LogP contribution is 2.34. The summed E-state index contributed by atoms with van der Waals surface area (Å²) in [5, 5.41) is 3.40. The Labute approximate surface area is 157 Å². The fourth-order valence-electron chi connectivity index (χ4n) is 4.72. The molecule has 0 radical (unpaired) electrons. The summed E-state index contributed by atoms with van der Waals surface area (Å²) < 4.78 is 27.6. The summed E-state index contributed by atoms with van der Waals surface area (Å²) in [5.74, 6) is 1.76. The summed E-state index contributed by atoms with van der Waals surface area (Å²) in [5.41, 5.74) is 1.31. The van der Waals surface area contributed by atoms with Crippen LogP contribution >= 0.6 is 12.4 Å². The van der Waals surface area contributed by atoms with E-state index in [9.17, 15) is 8.42 Å². The molecule has 6 heteroatoms. The van der Waals surface area contributed by atoms with E-state index in [4.69, 9.17) is 0 Å². The summed E-state index contributed by atoms with van der Waals surface area (Å²) in [6.07, 6.45) is 7.42. The third-order valence-corrected chi connectivity index (χ3v) is 8.14. The predicted octanol–water partition coefficient (Wildman–Crippen LogP) is 3.39. The van der Waals surface area contributed by atoms with Crippen LogP contribution in [0.25, 0.3) is 0 Å². The number of piperidine rings is 1. The van der Waals surface area contributed by atoms with Crippen LogP contribution in [0.15, 0.2) is 29.2 Å². The van der Waals surface area contributed by atoms with Crippen molar-refractivity contribution in [3.63, 3.8) is 0 Å². The fraction of sp³-hybridized carbons (Fsp3) is 0.684. The topological polar surface area (TPSA) is 49.4 Å². The molecule has 1 aromatic rings. The number of rotatable bonds is 3. The van der Waals surface area contributed by atoms with Crippen LogP contribution in [0.2, 0.25) is 0 Å². The number of fused-ring (bicyclic) bond motifs is 1. The normalized spacial score (nSPS) is 28.3. The second kappa shape index (κ2) is 7.95. The first-order valence-electron chi connectivity index (χ1n) is 9.45. The van der Waals surface area contributed by atoms with Crippen molar-refractivity contribution in [1.29, 1.82) is 0 Å². The van der Waals surface area contributed by atoms with Gasteiger partial charge in [0.1, 0.15) is 0 Å². The SMILES string of the molecule is Cl.O=S(=O)(c1ccc(C2CCCCC2)cc1)N1CCC2CNCC2C1. The maximum Gasteiger partial charge on any atom is 0.243 e. The lowest BCUT2D eigenvalue weighted by atomic mass is 9.84. The van der Waals surface area contributed by atoms with Gasteiger partial charge in [-0.25, -0.2) is 8.42 Å². The highest BCUT2D eigenvalue weighted by atomic mass is 35.5. The molecule has 2 saturated heterocycles. The van der Waals surface area contributed by atoms with Gasteiger partial charge < -0.3 is 5.32 Å². The lowest BCUT2D eigenvalue weighted by molar-refractivity contribution is 0.228. The van der Waals surface area contributed by atoms with E-state index >= 15 is 0 Å². The Morgan fingerprint density at radius 3 is 2.32 bits per heavy atom. The molecule has 0 amide bonds. The molecule has 1 aliphatic carbocycles. The van der Waals surface area contributed by atoms with Crippen LogP contribution in [0, 0.1) is 11.8 Å². The van der Waals surface area contributed by atoms with Gasteiger partial charge in [-0.3, -0.25) is 0 Å². The number of sulfonamides is 1. The second-order valence-electron chi connectivity index (χ2n) is 7.73. The molecule has 2 atom stereocenters. The minimum Gasteiger partial charge on any atom is -0.316 e. The van der Waals surface area contributed by atoms with E-state index < -0.39 is 10.0 Å². The van der Waals surface area contributed by atoms with Crippen LogP contribution < -0.4 is 5.32 Å². The summed E-state index contributed by atoms with van der Waals surface area (Å²) in [6.45, 7) is 3.34. The Morgan fingerprint density at radius 2 is 1.60 bits per heavy atom. The Balaban J connectivity index is 0.00000182. The highest BCUT2D eigenvalue weighted by molar-refractivity contribution is 7.89. The Morgan fingerprint density at radius 1 is 0.920 bits per heavy atom. The quantitative estimate of drug-likeness (QED) is 0.868. The van der Waals surface area contributed by atoms with Crippen molar-refractivity contribution in [2.75, 3.05) is 26.2 Å². The molecule has 1 saturated carbocycles. The Kier molecular flexibility index (Phi) is 6.09. The summed E-state index contributed by atoms with van der Waals surface area (Å²) in [4.78, 5) is 0.464. The van der Waals surface area contributed by atoms with Gasteiger partial charge in [0, 0.05) is 13.1 Å². The van der Waals surface area contributed by atoms with Crippen molar-refractivity contribution in [1.82, 2.24) is 9.62 Å². The van der Waals surface area contributed by atoms with E-state index in [1.165, 1.54) is 37.7 Å². The molecule has 2 aliphatic heterocycles. The van der Waals surface area contributed by atoms with E-state index in [0.29, 0.717) is 35.7 Å². The lowest BCUT2D eigenvalue weighted by Crippen LogP contribution is -2.43. The zero-order chi connectivity index (χ0) is 16.6. The predicted molar refractivity (Wildman–Crippen MR) is 103 cm³/mol. The van der Waals surface area contributed by atoms with Gasteiger partial charge in [-0.05, 0) is 67.8 Å². The molecule has 0 spiro atoms. The molecule has 3 aliphatic rings. The number of nitrogens with one attached hydrogen (secondary N) is 1. The monoisotopic (exact) mass is 384 g/mol. The van der Waals surface area contributed by atoms with Crippen molar-refractivity contribution < 1.29 is 8.42 Å². The maximum atomic E-state index is 13.0. The third kappa shape index (κ3) is 3.90. The molecule has 140 valence electrons. The van der Waals surface area contributed by atoms with Crippen LogP contribution in [0.3, 0.4) is 0 Å². The third-order valence-electron chi connectivity index (χ3n) is 6.26.